The Kier molecular flexibility index (Phi) is 9.14. The van der Waals surface area contributed by atoms with Gasteiger partial charge in [-0.25, -0.2) is 9.38 Å². The Hall–Kier alpha value is -5.81. The molecule has 0 aliphatic carbocycles. The Balaban J connectivity index is 1.39. The van der Waals surface area contributed by atoms with E-state index in [9.17, 15) is 18.8 Å². The number of nitrogens with one attached hydrogen (secondary N) is 1. The van der Waals surface area contributed by atoms with Gasteiger partial charge in [-0.3, -0.25) is 19.0 Å². The molecule has 0 unspecified atom stereocenters. The van der Waals surface area contributed by atoms with E-state index in [1.807, 2.05) is 98.3 Å². The van der Waals surface area contributed by atoms with Crippen LogP contribution in [0.1, 0.15) is 37.9 Å². The average molecular weight is 702 g/mol. The summed E-state index contributed by atoms with van der Waals surface area (Å²) in [6.07, 6.45) is 3.67. The second kappa shape index (κ2) is 13.8. The summed E-state index contributed by atoms with van der Waals surface area (Å²) in [5.74, 6) is -0.283. The van der Waals surface area contributed by atoms with E-state index in [2.05, 4.69) is 5.32 Å². The van der Waals surface area contributed by atoms with E-state index in [1.54, 1.807) is 16.6 Å². The first-order valence-corrected chi connectivity index (χ1v) is 17.5. The van der Waals surface area contributed by atoms with Crippen molar-refractivity contribution in [2.45, 2.75) is 33.4 Å². The van der Waals surface area contributed by atoms with Gasteiger partial charge in [-0.2, -0.15) is 0 Å². The summed E-state index contributed by atoms with van der Waals surface area (Å²) in [5.41, 5.74) is 3.45. The Labute approximate surface area is 297 Å². The van der Waals surface area contributed by atoms with Gasteiger partial charge >= 0.3 is 0 Å². The molecular weight excluding hydrogens is 666 g/mol. The third-order valence-electron chi connectivity index (χ3n) is 9.27. The number of methoxy groups -OCH3 is 1. The maximum Gasteiger partial charge on any atom is 0.271 e. The third-order valence-corrected chi connectivity index (χ3v) is 10.3. The molecule has 0 bridgehead atoms. The molecule has 1 atom stereocenters. The number of carbonyl (C=O) groups is 2. The van der Waals surface area contributed by atoms with Crippen LogP contribution in [0.25, 0.3) is 27.8 Å². The van der Waals surface area contributed by atoms with Crippen molar-refractivity contribution in [3.8, 4) is 5.75 Å². The average Bonchev–Trinajstić information content (AvgIpc) is 3.63. The topological polar surface area (TPSA) is 97.9 Å². The molecule has 0 saturated heterocycles. The number of benzene rings is 4. The van der Waals surface area contributed by atoms with Crippen LogP contribution in [0.15, 0.2) is 112 Å². The largest absolute Gasteiger partial charge is 0.496 e. The van der Waals surface area contributed by atoms with E-state index >= 15 is 0 Å². The van der Waals surface area contributed by atoms with Gasteiger partial charge in [-0.05, 0) is 74.0 Å². The van der Waals surface area contributed by atoms with Crippen LogP contribution in [0.2, 0.25) is 0 Å². The molecule has 0 fully saturated rings. The molecular formula is C40H36FN5O4S. The second-order valence-electron chi connectivity index (χ2n) is 12.2. The zero-order valence-corrected chi connectivity index (χ0v) is 29.5. The number of anilines is 1. The maximum atomic E-state index is 14.7. The minimum absolute atomic E-state index is 0.00385. The van der Waals surface area contributed by atoms with E-state index < -0.39 is 6.04 Å². The minimum Gasteiger partial charge on any atom is -0.496 e. The highest BCUT2D eigenvalue weighted by molar-refractivity contribution is 7.07. The second-order valence-corrected chi connectivity index (χ2v) is 13.3. The van der Waals surface area contributed by atoms with Crippen molar-refractivity contribution in [1.82, 2.24) is 14.0 Å². The molecule has 258 valence electrons. The summed E-state index contributed by atoms with van der Waals surface area (Å²) >= 11 is 1.26. The van der Waals surface area contributed by atoms with Gasteiger partial charge in [-0.15, -0.1) is 0 Å². The lowest BCUT2D eigenvalue weighted by molar-refractivity contribution is -0.127. The highest BCUT2D eigenvalue weighted by Crippen LogP contribution is 2.40. The monoisotopic (exact) mass is 701 g/mol. The number of fused-ring (bicyclic) bond motifs is 3. The number of amides is 2. The molecule has 2 aromatic heterocycles. The number of nitrogens with zero attached hydrogens (tertiary/aromatic N) is 4. The number of hydrogen-bond donors (Lipinski definition) is 1. The van der Waals surface area contributed by atoms with E-state index in [0.717, 1.165) is 32.8 Å². The van der Waals surface area contributed by atoms with Crippen molar-refractivity contribution in [3.05, 3.63) is 139 Å². The highest BCUT2D eigenvalue weighted by atomic mass is 32.1. The molecule has 0 spiro atoms. The summed E-state index contributed by atoms with van der Waals surface area (Å²) in [4.78, 5) is 49.1. The summed E-state index contributed by atoms with van der Waals surface area (Å²) < 4.78 is 23.2. The van der Waals surface area contributed by atoms with Crippen LogP contribution >= 0.6 is 11.3 Å². The molecule has 7 rings (SSSR count). The van der Waals surface area contributed by atoms with Gasteiger partial charge in [0.05, 0.1) is 22.9 Å². The molecule has 1 aliphatic rings. The number of thiazole rings is 1. The fraction of sp³-hybridized carbons (Fsp3) is 0.200. The van der Waals surface area contributed by atoms with E-state index in [4.69, 9.17) is 9.73 Å². The van der Waals surface area contributed by atoms with E-state index in [-0.39, 0.29) is 29.7 Å². The van der Waals surface area contributed by atoms with E-state index in [1.165, 1.54) is 35.6 Å². The number of allylic oxidation sites excluding steroid dienone is 1. The van der Waals surface area contributed by atoms with Crippen molar-refractivity contribution in [2.24, 2.45) is 4.99 Å². The third kappa shape index (κ3) is 6.14. The number of rotatable bonds is 9. The lowest BCUT2D eigenvalue weighted by Gasteiger charge is -2.30. The summed E-state index contributed by atoms with van der Waals surface area (Å²) in [6, 6.07) is 24.2. The first-order chi connectivity index (χ1) is 24.7. The minimum atomic E-state index is -0.797. The van der Waals surface area contributed by atoms with Gasteiger partial charge in [-0.1, -0.05) is 59.9 Å². The van der Waals surface area contributed by atoms with Gasteiger partial charge < -0.3 is 19.5 Å². The fourth-order valence-electron chi connectivity index (χ4n) is 6.84. The Morgan fingerprint density at radius 3 is 2.41 bits per heavy atom. The van der Waals surface area contributed by atoms with Crippen LogP contribution in [-0.4, -0.2) is 46.0 Å². The summed E-state index contributed by atoms with van der Waals surface area (Å²) in [6.45, 7) is 6.70. The maximum absolute atomic E-state index is 14.7. The fourth-order valence-corrected chi connectivity index (χ4v) is 7.87. The number of halogens is 1. The standard InChI is InChI=1S/C40H36FN5O4S/c1-5-44(6-2)39(49)35-24(3)42-40-46(37(35)36-30-13-8-7-11-25(30)15-20-32(36)50-4)38(48)33(51-40)21-26-22-45(31-14-10-9-12-29(26)31)23-34(47)43-28-18-16-27(41)17-19-28/h7-22,37H,5-6,23H2,1-4H3,(H,43,47)/b33-21+/t37-/m1/s1. The Morgan fingerprint density at radius 2 is 1.69 bits per heavy atom. The van der Waals surface area contributed by atoms with Gasteiger partial charge in [0, 0.05) is 47.0 Å². The zero-order valence-electron chi connectivity index (χ0n) is 28.6. The molecule has 9 nitrogen and oxygen atoms in total. The molecule has 1 N–H and O–H groups in total. The number of para-hydroxylation sites is 1. The molecule has 1 aliphatic heterocycles. The zero-order chi connectivity index (χ0) is 35.8. The Morgan fingerprint density at radius 1 is 0.980 bits per heavy atom. The molecule has 2 amide bonds. The number of hydrogen-bond acceptors (Lipinski definition) is 6. The molecule has 4 aromatic carbocycles. The number of carbonyl (C=O) groups excluding carboxylic acids is 2. The number of ether oxygens (including phenoxy) is 1. The Bertz CT molecular complexity index is 2540. The van der Waals surface area contributed by atoms with Crippen LogP contribution in [0.4, 0.5) is 10.1 Å². The predicted octanol–water partition coefficient (Wildman–Crippen LogP) is 6.00. The van der Waals surface area contributed by atoms with Crippen molar-refractivity contribution in [2.75, 3.05) is 25.5 Å². The van der Waals surface area contributed by atoms with Crippen LogP contribution in [0.5, 0.6) is 5.75 Å². The van der Waals surface area contributed by atoms with Crippen LogP contribution in [-0.2, 0) is 16.1 Å². The molecule has 11 heteroatoms. The predicted molar refractivity (Wildman–Crippen MR) is 199 cm³/mol. The first kappa shape index (κ1) is 33.7. The smallest absolute Gasteiger partial charge is 0.271 e. The van der Waals surface area contributed by atoms with Crippen LogP contribution in [0.3, 0.4) is 0 Å². The normalized spacial score (nSPS) is 14.5. The first-order valence-electron chi connectivity index (χ1n) is 16.7. The lowest BCUT2D eigenvalue weighted by atomic mass is 9.90. The van der Waals surface area contributed by atoms with Gasteiger partial charge in [0.15, 0.2) is 4.80 Å². The number of aromatic nitrogens is 2. The van der Waals surface area contributed by atoms with Crippen LogP contribution < -0.4 is 24.9 Å². The molecule has 0 saturated carbocycles. The SMILES string of the molecule is CCN(CC)C(=O)C1=C(C)N=c2s/c(=C/c3cn(CC(=O)Nc4ccc(F)cc4)c4ccccc34)c(=O)n2[C@H]1c1c(OC)ccc2ccccc12. The van der Waals surface area contributed by atoms with Crippen LogP contribution in [0, 0.1) is 5.82 Å². The molecule has 0 radical (unpaired) electrons. The number of likely N-dealkylation sites (N-methyl/N-ethyl adjacent to an activating group) is 1. The molecule has 6 aromatic rings. The van der Waals surface area contributed by atoms with E-state index in [0.29, 0.717) is 45.1 Å². The molecule has 3 heterocycles. The van der Waals surface area contributed by atoms with Gasteiger partial charge in [0.1, 0.15) is 24.2 Å². The lowest BCUT2D eigenvalue weighted by Crippen LogP contribution is -2.43. The summed E-state index contributed by atoms with van der Waals surface area (Å²) in [7, 11) is 1.59. The molecule has 51 heavy (non-hydrogen) atoms. The highest BCUT2D eigenvalue weighted by Gasteiger charge is 2.36. The summed E-state index contributed by atoms with van der Waals surface area (Å²) in [5, 5.41) is 5.50. The van der Waals surface area contributed by atoms with Crippen molar-refractivity contribution in [1.29, 1.82) is 0 Å². The van der Waals surface area contributed by atoms with Crippen molar-refractivity contribution in [3.63, 3.8) is 0 Å². The quantitative estimate of drug-likeness (QED) is 0.200. The van der Waals surface area contributed by atoms with Gasteiger partial charge in [0.25, 0.3) is 11.5 Å². The van der Waals surface area contributed by atoms with Crippen molar-refractivity contribution >= 4 is 56.6 Å². The van der Waals surface area contributed by atoms with Crippen molar-refractivity contribution < 1.29 is 18.7 Å². The van der Waals surface area contributed by atoms with Gasteiger partial charge in [0.2, 0.25) is 5.91 Å².